The first-order valence-electron chi connectivity index (χ1n) is 30.3. The monoisotopic (exact) mass is 1120 g/mol. The van der Waals surface area contributed by atoms with Crippen LogP contribution < -0.4 is 15.3 Å². The van der Waals surface area contributed by atoms with Gasteiger partial charge in [0.15, 0.2) is 18.3 Å². The number of rotatable bonds is 49. The first-order chi connectivity index (χ1) is 37.1. The summed E-state index contributed by atoms with van der Waals surface area (Å²) >= 11 is 0. The minimum absolute atomic E-state index is 0.182. The van der Waals surface area contributed by atoms with Crippen molar-refractivity contribution in [1.82, 2.24) is 0 Å². The van der Waals surface area contributed by atoms with Crippen LogP contribution in [0, 0.1) is 5.92 Å². The summed E-state index contributed by atoms with van der Waals surface area (Å²) in [6.07, 6.45) is 34.5. The Morgan fingerprint density at radius 2 is 0.873 bits per heavy atom. The Balaban J connectivity index is 0. The molecule has 460 valence electrons. The fraction of sp³-hybridized carbons (Fsp3) is 0.794. The minimum Gasteiger partial charge on any atom is -0.550 e. The van der Waals surface area contributed by atoms with Crippen LogP contribution in [-0.4, -0.2) is 161 Å². The number of carbonyl (C=O) groups is 5. The van der Waals surface area contributed by atoms with E-state index in [1.807, 2.05) is 69.5 Å². The summed E-state index contributed by atoms with van der Waals surface area (Å²) in [6.45, 7) is 7.54. The number of carbonyl (C=O) groups excluding carboxylic acids is 5. The lowest BCUT2D eigenvalue weighted by atomic mass is 9.92. The molecule has 0 rings (SSSR count). The van der Waals surface area contributed by atoms with Crippen molar-refractivity contribution >= 4 is 29.8 Å². The smallest absolute Gasteiger partial charge is 0.334 e. The number of carboxylic acid groups (broad SMARTS) is 3. The number of aliphatic hydroxyl groups excluding tert-OH is 2. The maximum atomic E-state index is 13.2. The third kappa shape index (κ3) is 52.9. The second-order valence-electron chi connectivity index (χ2n) is 24.8. The molecule has 5 atom stereocenters. The molecule has 0 aliphatic rings. The number of quaternary nitrogens is 3. The van der Waals surface area contributed by atoms with Crippen molar-refractivity contribution in [1.29, 1.82) is 0 Å². The van der Waals surface area contributed by atoms with E-state index in [0.717, 1.165) is 83.1 Å². The molecule has 16 heteroatoms. The summed E-state index contributed by atoms with van der Waals surface area (Å²) in [5.41, 5.74) is 0. The van der Waals surface area contributed by atoms with E-state index in [4.69, 9.17) is 14.2 Å². The van der Waals surface area contributed by atoms with Crippen molar-refractivity contribution in [2.45, 2.75) is 238 Å². The van der Waals surface area contributed by atoms with Crippen molar-refractivity contribution in [2.75, 3.05) is 83.1 Å². The third-order valence-corrected chi connectivity index (χ3v) is 13.1. The Labute approximate surface area is 480 Å². The van der Waals surface area contributed by atoms with E-state index in [1.54, 1.807) is 0 Å². The molecule has 0 heterocycles. The van der Waals surface area contributed by atoms with Crippen LogP contribution in [0.3, 0.4) is 0 Å². The fourth-order valence-corrected chi connectivity index (χ4v) is 9.11. The summed E-state index contributed by atoms with van der Waals surface area (Å²) in [5, 5.41) is 55.4. The lowest BCUT2D eigenvalue weighted by Gasteiger charge is -2.35. The number of unbranched alkanes of at least 4 members (excludes halogenated alkanes) is 20. The molecular formula is C63H115N3O13. The van der Waals surface area contributed by atoms with Crippen LogP contribution in [0.25, 0.3) is 0 Å². The normalized spacial score (nSPS) is 14.5. The number of esters is 2. The molecule has 0 amide bonds. The Morgan fingerprint density at radius 3 is 1.32 bits per heavy atom. The van der Waals surface area contributed by atoms with Crippen molar-refractivity contribution in [3.8, 4) is 0 Å². The lowest BCUT2D eigenvalue weighted by molar-refractivity contribution is -0.874. The van der Waals surface area contributed by atoms with Crippen LogP contribution in [-0.2, 0) is 38.2 Å². The van der Waals surface area contributed by atoms with Gasteiger partial charge in [-0.2, -0.15) is 0 Å². The van der Waals surface area contributed by atoms with Crippen molar-refractivity contribution in [2.24, 2.45) is 5.92 Å². The predicted molar refractivity (Wildman–Crippen MR) is 310 cm³/mol. The Kier molecular flexibility index (Phi) is 45.1. The fourth-order valence-electron chi connectivity index (χ4n) is 9.11. The summed E-state index contributed by atoms with van der Waals surface area (Å²) in [6, 6.07) is 0. The second-order valence-corrected chi connectivity index (χ2v) is 24.8. The summed E-state index contributed by atoms with van der Waals surface area (Å²) in [5.74, 6) is -6.20. The zero-order chi connectivity index (χ0) is 60.1. The first kappa shape index (κ1) is 76.8. The van der Waals surface area contributed by atoms with E-state index in [0.29, 0.717) is 51.6 Å². The highest BCUT2D eigenvalue weighted by molar-refractivity contribution is 5.83. The highest BCUT2D eigenvalue weighted by Gasteiger charge is 2.32. The predicted octanol–water partition coefficient (Wildman–Crippen LogP) is 8.73. The number of carboxylic acids is 3. The average Bonchev–Trinajstić information content (AvgIpc) is 3.30. The van der Waals surface area contributed by atoms with Gasteiger partial charge < -0.3 is 67.6 Å². The molecule has 0 saturated heterocycles. The van der Waals surface area contributed by atoms with E-state index >= 15 is 0 Å². The molecule has 0 saturated carbocycles. The maximum Gasteiger partial charge on any atom is 0.334 e. The zero-order valence-corrected chi connectivity index (χ0v) is 51.9. The van der Waals surface area contributed by atoms with Gasteiger partial charge in [0.1, 0.15) is 31.2 Å². The van der Waals surface area contributed by atoms with Gasteiger partial charge in [0.2, 0.25) is 0 Å². The molecule has 0 bridgehead atoms. The molecule has 0 aromatic rings. The number of aliphatic carboxylic acids is 3. The number of ether oxygens (including phenoxy) is 3. The van der Waals surface area contributed by atoms with E-state index in [9.17, 15) is 49.5 Å². The van der Waals surface area contributed by atoms with Crippen LogP contribution >= 0.6 is 0 Å². The molecule has 2 N–H and O–H groups in total. The number of hydrogen-bond acceptors (Lipinski definition) is 13. The molecular weight excluding hydrogens is 1010 g/mol. The molecule has 0 fully saturated rings. The molecule has 0 aliphatic carbocycles. The molecule has 0 aliphatic heterocycles. The number of allylic oxidation sites excluding steroid dienone is 5. The first-order valence-corrected chi connectivity index (χ1v) is 30.3. The Bertz CT molecular complexity index is 1740. The average molecular weight is 1120 g/mol. The molecule has 0 radical (unpaired) electrons. The van der Waals surface area contributed by atoms with E-state index in [2.05, 4.69) is 32.9 Å². The zero-order valence-electron chi connectivity index (χ0n) is 51.9. The summed E-state index contributed by atoms with van der Waals surface area (Å²) < 4.78 is 18.5. The lowest BCUT2D eigenvalue weighted by Crippen LogP contribution is -2.49. The largest absolute Gasteiger partial charge is 0.550 e. The van der Waals surface area contributed by atoms with Gasteiger partial charge in [-0.1, -0.05) is 155 Å². The highest BCUT2D eigenvalue weighted by Crippen LogP contribution is 2.25. The molecule has 16 nitrogen and oxygen atoms in total. The molecule has 5 unspecified atom stereocenters. The van der Waals surface area contributed by atoms with Crippen LogP contribution in [0.2, 0.25) is 0 Å². The van der Waals surface area contributed by atoms with Gasteiger partial charge in [-0.25, -0.2) is 9.59 Å². The minimum atomic E-state index is -1.31. The van der Waals surface area contributed by atoms with Crippen LogP contribution in [0.1, 0.15) is 213 Å². The number of likely N-dealkylation sites (N-methyl/N-ethyl adjacent to an activating group) is 3. The van der Waals surface area contributed by atoms with Crippen molar-refractivity contribution < 1.29 is 77.2 Å². The van der Waals surface area contributed by atoms with Gasteiger partial charge in [-0.05, 0) is 63.9 Å². The molecule has 0 spiro atoms. The number of nitrogens with zero attached hydrogens (tertiary/aromatic N) is 3. The van der Waals surface area contributed by atoms with Crippen LogP contribution in [0.5, 0.6) is 0 Å². The van der Waals surface area contributed by atoms with Crippen molar-refractivity contribution in [3.63, 3.8) is 0 Å². The van der Waals surface area contributed by atoms with Gasteiger partial charge >= 0.3 is 11.9 Å². The second kappa shape index (κ2) is 46.4. The quantitative estimate of drug-likeness (QED) is 0.0111. The maximum absolute atomic E-state index is 13.2. The number of aliphatic hydroxyl groups is 2. The third-order valence-electron chi connectivity index (χ3n) is 13.1. The van der Waals surface area contributed by atoms with Gasteiger partial charge in [-0.3, -0.25) is 0 Å². The summed E-state index contributed by atoms with van der Waals surface area (Å²) in [7, 11) is 17.1. The summed E-state index contributed by atoms with van der Waals surface area (Å²) in [4.78, 5) is 60.0. The topological polar surface area (TPSA) is 223 Å². The van der Waals surface area contributed by atoms with Crippen LogP contribution in [0.15, 0.2) is 48.0 Å². The van der Waals surface area contributed by atoms with Gasteiger partial charge in [0, 0.05) is 43.1 Å². The highest BCUT2D eigenvalue weighted by atomic mass is 16.6. The van der Waals surface area contributed by atoms with Gasteiger partial charge in [0.25, 0.3) is 0 Å². The van der Waals surface area contributed by atoms with Crippen molar-refractivity contribution in [3.05, 3.63) is 48.0 Å². The molecule has 0 aromatic carbocycles. The van der Waals surface area contributed by atoms with E-state index in [1.165, 1.54) is 89.2 Å². The Morgan fingerprint density at radius 1 is 0.468 bits per heavy atom. The standard InChI is InChI=1S/C42H78N2O8.C21H37NO5/c1-9-11-13-15-17-19-21-23-25-27-35(45)29-30-38(42(49)50)39(34-44(6,7)8)51-36(28-26-24-22-20-18-16-14-12-10-2)32-41(48)52-37(31-40(46)47)33-43(3,4)5;1-5-6-7-8-9-10-11-12-13-14-18(23)15-21(26)27-19(16-20(24)25)17-22(2,3)4/h15,17,32,35,37-39,45H,9-14,16,18-31,33-34H2,1-8H3;13-15,19H,5-12,16-17H2,1-4H3,(H-,23,24,25,26)/b17-15-,36-32?;. The SMILES string of the molecule is CCCC/C=C\CCCCCC(O)CCC(C(=O)[O-])C(C[N+](C)(C)C)OC(=CC(=O)OC(CC(=O)[O-])C[N+](C)(C)C)CCCCCCCCCCC.CCCCCCCCCC=CC(O)=CC(=O)OC(CC(=O)[O-])C[N+](C)(C)C. The Hall–Kier alpha value is -4.25. The molecule has 0 aromatic heterocycles. The van der Waals surface area contributed by atoms with Gasteiger partial charge in [-0.15, -0.1) is 0 Å². The number of hydrogen-bond donors (Lipinski definition) is 2. The van der Waals surface area contributed by atoms with Gasteiger partial charge in [0.05, 0.1) is 81.7 Å². The van der Waals surface area contributed by atoms with Crippen LogP contribution in [0.4, 0.5) is 0 Å². The van der Waals surface area contributed by atoms with E-state index in [-0.39, 0.29) is 25.1 Å². The molecule has 79 heavy (non-hydrogen) atoms. The van der Waals surface area contributed by atoms with E-state index < -0.39 is 66.6 Å².